The van der Waals surface area contributed by atoms with Crippen molar-refractivity contribution in [1.82, 2.24) is 24.8 Å². The maximum absolute atomic E-state index is 5.91. The van der Waals surface area contributed by atoms with E-state index in [-0.39, 0.29) is 6.10 Å². The summed E-state index contributed by atoms with van der Waals surface area (Å²) in [7, 11) is 0. The lowest BCUT2D eigenvalue weighted by atomic mass is 10.1. The Hall–Kier alpha value is -2.51. The molecule has 1 atom stereocenters. The smallest absolute Gasteiger partial charge is 0.240 e. The lowest BCUT2D eigenvalue weighted by Gasteiger charge is -2.31. The minimum atomic E-state index is 0.0377. The summed E-state index contributed by atoms with van der Waals surface area (Å²) in [6.07, 6.45) is 4.67. The van der Waals surface area contributed by atoms with Crippen molar-refractivity contribution in [1.29, 1.82) is 0 Å². The number of aryl methyl sites for hydroxylation is 1. The number of hydrogen-bond acceptors (Lipinski definition) is 6. The Kier molecular flexibility index (Phi) is 5.08. The Morgan fingerprint density at radius 1 is 1.23 bits per heavy atom. The molecule has 136 valence electrons. The zero-order chi connectivity index (χ0) is 17.8. The summed E-state index contributed by atoms with van der Waals surface area (Å²) in [6, 6.07) is 10.2. The van der Waals surface area contributed by atoms with Crippen LogP contribution in [0.1, 0.15) is 35.9 Å². The van der Waals surface area contributed by atoms with Gasteiger partial charge in [0.1, 0.15) is 0 Å². The SMILES string of the molecule is CCn1cc(C2CN(Cc3nc(Cc4ccccc4)no3)CCO2)cn1. The second-order valence-corrected chi connectivity index (χ2v) is 6.49. The predicted molar refractivity (Wildman–Crippen MR) is 95.4 cm³/mol. The lowest BCUT2D eigenvalue weighted by molar-refractivity contribution is -0.0356. The molecule has 1 aliphatic rings. The molecule has 0 N–H and O–H groups in total. The minimum Gasteiger partial charge on any atom is -0.371 e. The normalized spacial score (nSPS) is 18.3. The molecule has 1 fully saturated rings. The second kappa shape index (κ2) is 7.80. The number of ether oxygens (including phenoxy) is 1. The zero-order valence-corrected chi connectivity index (χ0v) is 14.9. The number of rotatable bonds is 6. The molecular weight excluding hydrogens is 330 g/mol. The maximum atomic E-state index is 5.91. The van der Waals surface area contributed by atoms with Crippen molar-refractivity contribution in [3.05, 3.63) is 65.6 Å². The van der Waals surface area contributed by atoms with Gasteiger partial charge in [-0.3, -0.25) is 9.58 Å². The molecule has 1 unspecified atom stereocenters. The van der Waals surface area contributed by atoms with E-state index >= 15 is 0 Å². The molecule has 2 aromatic heterocycles. The van der Waals surface area contributed by atoms with E-state index in [0.717, 1.165) is 31.0 Å². The first kappa shape index (κ1) is 16.9. The van der Waals surface area contributed by atoms with Crippen LogP contribution in [0, 0.1) is 0 Å². The van der Waals surface area contributed by atoms with Crippen LogP contribution in [-0.2, 0) is 24.2 Å². The average Bonchev–Trinajstić information content (AvgIpc) is 3.32. The molecule has 0 bridgehead atoms. The van der Waals surface area contributed by atoms with Crippen LogP contribution in [0.15, 0.2) is 47.2 Å². The third-order valence-electron chi connectivity index (χ3n) is 4.57. The van der Waals surface area contributed by atoms with Crippen LogP contribution in [0.4, 0.5) is 0 Å². The number of morpholine rings is 1. The summed E-state index contributed by atoms with van der Waals surface area (Å²) in [4.78, 5) is 6.83. The summed E-state index contributed by atoms with van der Waals surface area (Å²) in [5, 5.41) is 8.45. The van der Waals surface area contributed by atoms with Gasteiger partial charge >= 0.3 is 0 Å². The molecule has 3 aromatic rings. The van der Waals surface area contributed by atoms with Crippen molar-refractivity contribution in [2.75, 3.05) is 19.7 Å². The van der Waals surface area contributed by atoms with Gasteiger partial charge in [0, 0.05) is 37.8 Å². The number of benzene rings is 1. The van der Waals surface area contributed by atoms with E-state index < -0.39 is 0 Å². The van der Waals surface area contributed by atoms with Crippen LogP contribution in [0.3, 0.4) is 0 Å². The number of aromatic nitrogens is 4. The third kappa shape index (κ3) is 4.00. The molecule has 7 heteroatoms. The van der Waals surface area contributed by atoms with Crippen molar-refractivity contribution < 1.29 is 9.26 Å². The molecule has 4 rings (SSSR count). The fourth-order valence-electron chi connectivity index (χ4n) is 3.16. The maximum Gasteiger partial charge on any atom is 0.240 e. The molecule has 1 aliphatic heterocycles. The number of hydrogen-bond donors (Lipinski definition) is 0. The van der Waals surface area contributed by atoms with Gasteiger partial charge in [0.25, 0.3) is 0 Å². The highest BCUT2D eigenvalue weighted by atomic mass is 16.5. The first-order valence-electron chi connectivity index (χ1n) is 9.02. The molecule has 1 aromatic carbocycles. The van der Waals surface area contributed by atoms with Gasteiger partial charge in [0.2, 0.25) is 5.89 Å². The fraction of sp³-hybridized carbons (Fsp3) is 0.421. The van der Waals surface area contributed by atoms with Crippen molar-refractivity contribution >= 4 is 0 Å². The highest BCUT2D eigenvalue weighted by Gasteiger charge is 2.24. The molecule has 1 saturated heterocycles. The summed E-state index contributed by atoms with van der Waals surface area (Å²) in [6.45, 7) is 5.92. The van der Waals surface area contributed by atoms with E-state index in [1.54, 1.807) is 0 Å². The predicted octanol–water partition coefficient (Wildman–Crippen LogP) is 2.45. The molecule has 0 amide bonds. The van der Waals surface area contributed by atoms with Crippen LogP contribution in [0.5, 0.6) is 0 Å². The Labute approximate surface area is 152 Å². The quantitative estimate of drug-likeness (QED) is 0.678. The first-order chi connectivity index (χ1) is 12.8. The first-order valence-corrected chi connectivity index (χ1v) is 9.02. The van der Waals surface area contributed by atoms with Crippen molar-refractivity contribution in [3.63, 3.8) is 0 Å². The summed E-state index contributed by atoms with van der Waals surface area (Å²) in [5.74, 6) is 1.38. The summed E-state index contributed by atoms with van der Waals surface area (Å²) < 4.78 is 13.3. The van der Waals surface area contributed by atoms with Gasteiger partial charge in [0.15, 0.2) is 5.82 Å². The standard InChI is InChI=1S/C19H23N5O2/c1-2-24-12-16(11-20-24)17-13-23(8-9-25-17)14-19-21-18(22-26-19)10-15-6-4-3-5-7-15/h3-7,11-12,17H,2,8-10,13-14H2,1H3. The van der Waals surface area contributed by atoms with Gasteiger partial charge in [-0.1, -0.05) is 35.5 Å². The van der Waals surface area contributed by atoms with Gasteiger partial charge in [0.05, 0.1) is 25.5 Å². The average molecular weight is 353 g/mol. The Balaban J connectivity index is 1.36. The van der Waals surface area contributed by atoms with Gasteiger partial charge in [-0.15, -0.1) is 0 Å². The van der Waals surface area contributed by atoms with Crippen LogP contribution in [-0.4, -0.2) is 44.5 Å². The molecule has 26 heavy (non-hydrogen) atoms. The monoisotopic (exact) mass is 353 g/mol. The van der Waals surface area contributed by atoms with E-state index in [4.69, 9.17) is 9.26 Å². The van der Waals surface area contributed by atoms with E-state index in [9.17, 15) is 0 Å². The van der Waals surface area contributed by atoms with Crippen molar-refractivity contribution in [3.8, 4) is 0 Å². The van der Waals surface area contributed by atoms with Gasteiger partial charge in [-0.2, -0.15) is 10.1 Å². The highest BCUT2D eigenvalue weighted by molar-refractivity contribution is 5.18. The highest BCUT2D eigenvalue weighted by Crippen LogP contribution is 2.22. The summed E-state index contributed by atoms with van der Waals surface area (Å²) >= 11 is 0. The van der Waals surface area contributed by atoms with Crippen LogP contribution >= 0.6 is 0 Å². The third-order valence-corrected chi connectivity index (χ3v) is 4.57. The molecule has 0 aliphatic carbocycles. The largest absolute Gasteiger partial charge is 0.371 e. The molecule has 0 spiro atoms. The fourth-order valence-corrected chi connectivity index (χ4v) is 3.16. The van der Waals surface area contributed by atoms with E-state index in [0.29, 0.717) is 25.5 Å². The minimum absolute atomic E-state index is 0.0377. The Morgan fingerprint density at radius 3 is 2.92 bits per heavy atom. The van der Waals surface area contributed by atoms with E-state index in [1.807, 2.05) is 29.1 Å². The van der Waals surface area contributed by atoms with Crippen molar-refractivity contribution in [2.24, 2.45) is 0 Å². The van der Waals surface area contributed by atoms with Gasteiger partial charge in [-0.25, -0.2) is 0 Å². The molecule has 7 nitrogen and oxygen atoms in total. The molecule has 3 heterocycles. The lowest BCUT2D eigenvalue weighted by Crippen LogP contribution is -2.37. The Bertz CT molecular complexity index is 829. The second-order valence-electron chi connectivity index (χ2n) is 6.49. The van der Waals surface area contributed by atoms with Crippen LogP contribution in [0.25, 0.3) is 0 Å². The topological polar surface area (TPSA) is 69.2 Å². The molecule has 0 saturated carbocycles. The van der Waals surface area contributed by atoms with Crippen LogP contribution < -0.4 is 0 Å². The van der Waals surface area contributed by atoms with E-state index in [2.05, 4.69) is 45.4 Å². The molecular formula is C19H23N5O2. The van der Waals surface area contributed by atoms with Crippen LogP contribution in [0.2, 0.25) is 0 Å². The molecule has 0 radical (unpaired) electrons. The van der Waals surface area contributed by atoms with Gasteiger partial charge < -0.3 is 9.26 Å². The van der Waals surface area contributed by atoms with Gasteiger partial charge in [-0.05, 0) is 12.5 Å². The van der Waals surface area contributed by atoms with Crippen molar-refractivity contribution in [2.45, 2.75) is 32.5 Å². The zero-order valence-electron chi connectivity index (χ0n) is 14.9. The summed E-state index contributed by atoms with van der Waals surface area (Å²) in [5.41, 5.74) is 2.30. The Morgan fingerprint density at radius 2 is 2.12 bits per heavy atom. The van der Waals surface area contributed by atoms with E-state index in [1.165, 1.54) is 5.56 Å². The number of nitrogens with zero attached hydrogens (tertiary/aromatic N) is 5.